The molecule has 0 spiro atoms. The molecule has 0 bridgehead atoms. The zero-order valence-electron chi connectivity index (χ0n) is 12.5. The Labute approximate surface area is 120 Å². The van der Waals surface area contributed by atoms with Crippen LogP contribution in [0, 0.1) is 13.8 Å². The highest BCUT2D eigenvalue weighted by Crippen LogP contribution is 2.26. The van der Waals surface area contributed by atoms with E-state index in [-0.39, 0.29) is 5.75 Å². The van der Waals surface area contributed by atoms with Crippen LogP contribution in [0.5, 0.6) is 11.5 Å². The summed E-state index contributed by atoms with van der Waals surface area (Å²) in [5.41, 5.74) is 4.52. The third-order valence-corrected chi connectivity index (χ3v) is 3.35. The second-order valence-corrected chi connectivity index (χ2v) is 5.20. The SMILES string of the molecule is COc1ccc(CN(C)c2cc(C)cc(C)c2)c(O)c1. The quantitative estimate of drug-likeness (QED) is 0.921. The van der Waals surface area contributed by atoms with Gasteiger partial charge in [-0.1, -0.05) is 6.07 Å². The molecule has 0 aromatic heterocycles. The second kappa shape index (κ2) is 5.87. The molecular weight excluding hydrogens is 250 g/mol. The lowest BCUT2D eigenvalue weighted by atomic mass is 10.1. The molecule has 0 aliphatic carbocycles. The predicted molar refractivity (Wildman–Crippen MR) is 82.7 cm³/mol. The Kier molecular flexibility index (Phi) is 4.18. The van der Waals surface area contributed by atoms with Crippen LogP contribution in [0.25, 0.3) is 0 Å². The third kappa shape index (κ3) is 3.23. The largest absolute Gasteiger partial charge is 0.507 e. The number of hydrogen-bond donors (Lipinski definition) is 1. The average Bonchev–Trinajstić information content (AvgIpc) is 2.39. The fraction of sp³-hybridized carbons (Fsp3) is 0.294. The monoisotopic (exact) mass is 271 g/mol. The first-order valence-corrected chi connectivity index (χ1v) is 6.65. The minimum atomic E-state index is 0.264. The van der Waals surface area contributed by atoms with Crippen LogP contribution in [0.3, 0.4) is 0 Å². The van der Waals surface area contributed by atoms with Crippen molar-refractivity contribution in [1.29, 1.82) is 0 Å². The molecule has 0 saturated carbocycles. The van der Waals surface area contributed by atoms with E-state index in [1.165, 1.54) is 11.1 Å². The highest BCUT2D eigenvalue weighted by molar-refractivity contribution is 5.52. The van der Waals surface area contributed by atoms with Gasteiger partial charge in [0.05, 0.1) is 7.11 Å². The van der Waals surface area contributed by atoms with Crippen molar-refractivity contribution in [3.63, 3.8) is 0 Å². The van der Waals surface area contributed by atoms with Crippen molar-refractivity contribution in [2.24, 2.45) is 0 Å². The van der Waals surface area contributed by atoms with Gasteiger partial charge in [-0.15, -0.1) is 0 Å². The van der Waals surface area contributed by atoms with Crippen LogP contribution in [0.2, 0.25) is 0 Å². The number of phenolic OH excluding ortho intramolecular Hbond substituents is 1. The molecule has 20 heavy (non-hydrogen) atoms. The molecule has 0 fully saturated rings. The summed E-state index contributed by atoms with van der Waals surface area (Å²) in [5.74, 6) is 0.931. The number of phenols is 1. The molecule has 3 nitrogen and oxygen atoms in total. The first-order chi connectivity index (χ1) is 9.49. The van der Waals surface area contributed by atoms with Crippen molar-refractivity contribution < 1.29 is 9.84 Å². The van der Waals surface area contributed by atoms with E-state index in [0.717, 1.165) is 11.3 Å². The van der Waals surface area contributed by atoms with Gasteiger partial charge >= 0.3 is 0 Å². The van der Waals surface area contributed by atoms with E-state index in [1.54, 1.807) is 13.2 Å². The van der Waals surface area contributed by atoms with Gasteiger partial charge in [-0.2, -0.15) is 0 Å². The molecule has 0 heterocycles. The maximum absolute atomic E-state index is 10.0. The van der Waals surface area contributed by atoms with E-state index in [9.17, 15) is 5.11 Å². The maximum atomic E-state index is 10.0. The molecule has 106 valence electrons. The first kappa shape index (κ1) is 14.3. The van der Waals surface area contributed by atoms with Gasteiger partial charge in [0.1, 0.15) is 11.5 Å². The Morgan fingerprint density at radius 2 is 1.70 bits per heavy atom. The Morgan fingerprint density at radius 3 is 2.25 bits per heavy atom. The van der Waals surface area contributed by atoms with E-state index in [2.05, 4.69) is 36.9 Å². The summed E-state index contributed by atoms with van der Waals surface area (Å²) < 4.78 is 5.10. The minimum absolute atomic E-state index is 0.264. The zero-order chi connectivity index (χ0) is 14.7. The van der Waals surface area contributed by atoms with Gasteiger partial charge in [0, 0.05) is 30.9 Å². The molecule has 1 N–H and O–H groups in total. The molecule has 2 aromatic carbocycles. The Balaban J connectivity index is 2.20. The molecular formula is C17H21NO2. The summed E-state index contributed by atoms with van der Waals surface area (Å²) in [7, 11) is 3.62. The van der Waals surface area contributed by atoms with Crippen LogP contribution in [-0.2, 0) is 6.54 Å². The Bertz CT molecular complexity index is 588. The van der Waals surface area contributed by atoms with E-state index >= 15 is 0 Å². The molecule has 0 aliphatic heterocycles. The van der Waals surface area contributed by atoms with Crippen molar-refractivity contribution in [1.82, 2.24) is 0 Å². The molecule has 0 atom stereocenters. The van der Waals surface area contributed by atoms with Crippen LogP contribution in [-0.4, -0.2) is 19.3 Å². The molecule has 3 heteroatoms. The van der Waals surface area contributed by atoms with Gasteiger partial charge in [-0.3, -0.25) is 0 Å². The fourth-order valence-electron chi connectivity index (χ4n) is 2.32. The fourth-order valence-corrected chi connectivity index (χ4v) is 2.32. The number of aromatic hydroxyl groups is 1. The number of methoxy groups -OCH3 is 1. The minimum Gasteiger partial charge on any atom is -0.507 e. The van der Waals surface area contributed by atoms with Crippen molar-refractivity contribution in [3.8, 4) is 11.5 Å². The molecule has 0 radical (unpaired) electrons. The smallest absolute Gasteiger partial charge is 0.124 e. The number of ether oxygens (including phenoxy) is 1. The Morgan fingerprint density at radius 1 is 1.05 bits per heavy atom. The lowest BCUT2D eigenvalue weighted by Crippen LogP contribution is -2.16. The Hall–Kier alpha value is -2.16. The molecule has 0 unspecified atom stereocenters. The lowest BCUT2D eigenvalue weighted by molar-refractivity contribution is 0.406. The maximum Gasteiger partial charge on any atom is 0.124 e. The predicted octanol–water partition coefficient (Wildman–Crippen LogP) is 3.65. The average molecular weight is 271 g/mol. The van der Waals surface area contributed by atoms with E-state index in [4.69, 9.17) is 4.74 Å². The number of nitrogens with zero attached hydrogens (tertiary/aromatic N) is 1. The number of aryl methyl sites for hydroxylation is 2. The lowest BCUT2D eigenvalue weighted by Gasteiger charge is -2.21. The van der Waals surface area contributed by atoms with Gasteiger partial charge in [-0.05, 0) is 49.2 Å². The zero-order valence-corrected chi connectivity index (χ0v) is 12.5. The van der Waals surface area contributed by atoms with Crippen LogP contribution in [0.15, 0.2) is 36.4 Å². The van der Waals surface area contributed by atoms with Gasteiger partial charge in [0.2, 0.25) is 0 Å². The molecule has 0 amide bonds. The molecule has 2 rings (SSSR count). The van der Waals surface area contributed by atoms with Gasteiger partial charge in [0.25, 0.3) is 0 Å². The van der Waals surface area contributed by atoms with Crippen molar-refractivity contribution in [3.05, 3.63) is 53.1 Å². The van der Waals surface area contributed by atoms with Crippen molar-refractivity contribution in [2.45, 2.75) is 20.4 Å². The van der Waals surface area contributed by atoms with E-state index < -0.39 is 0 Å². The first-order valence-electron chi connectivity index (χ1n) is 6.65. The number of anilines is 1. The third-order valence-electron chi connectivity index (χ3n) is 3.35. The van der Waals surface area contributed by atoms with Gasteiger partial charge in [-0.25, -0.2) is 0 Å². The van der Waals surface area contributed by atoms with Gasteiger partial charge < -0.3 is 14.7 Å². The summed E-state index contributed by atoms with van der Waals surface area (Å²) in [5, 5.41) is 10.0. The molecule has 0 saturated heterocycles. The summed E-state index contributed by atoms with van der Waals surface area (Å²) in [6.45, 7) is 4.84. The summed E-state index contributed by atoms with van der Waals surface area (Å²) in [6.07, 6.45) is 0. The topological polar surface area (TPSA) is 32.7 Å². The van der Waals surface area contributed by atoms with Crippen molar-refractivity contribution in [2.75, 3.05) is 19.1 Å². The highest BCUT2D eigenvalue weighted by Gasteiger charge is 2.08. The normalized spacial score (nSPS) is 10.4. The summed E-state index contributed by atoms with van der Waals surface area (Å²) in [4.78, 5) is 2.13. The molecule has 2 aromatic rings. The number of hydrogen-bond acceptors (Lipinski definition) is 3. The van der Waals surface area contributed by atoms with Crippen LogP contribution >= 0.6 is 0 Å². The van der Waals surface area contributed by atoms with Crippen LogP contribution in [0.1, 0.15) is 16.7 Å². The van der Waals surface area contributed by atoms with E-state index in [1.807, 2.05) is 19.2 Å². The van der Waals surface area contributed by atoms with Crippen LogP contribution < -0.4 is 9.64 Å². The van der Waals surface area contributed by atoms with Gasteiger partial charge in [0.15, 0.2) is 0 Å². The molecule has 0 aliphatic rings. The second-order valence-electron chi connectivity index (χ2n) is 5.20. The van der Waals surface area contributed by atoms with Crippen molar-refractivity contribution >= 4 is 5.69 Å². The number of benzene rings is 2. The van der Waals surface area contributed by atoms with Crippen LogP contribution in [0.4, 0.5) is 5.69 Å². The summed E-state index contributed by atoms with van der Waals surface area (Å²) in [6, 6.07) is 11.9. The number of rotatable bonds is 4. The summed E-state index contributed by atoms with van der Waals surface area (Å²) >= 11 is 0. The standard InChI is InChI=1S/C17H21NO2/c1-12-7-13(2)9-15(8-12)18(3)11-14-5-6-16(20-4)10-17(14)19/h5-10,19H,11H2,1-4H3. The van der Waals surface area contributed by atoms with E-state index in [0.29, 0.717) is 12.3 Å². The highest BCUT2D eigenvalue weighted by atomic mass is 16.5.